The number of ether oxygens (including phenoxy) is 1. The number of carboxylic acids is 1. The van der Waals surface area contributed by atoms with Crippen molar-refractivity contribution >= 4 is 32.6 Å². The molecule has 220 valence electrons. The highest BCUT2D eigenvalue weighted by Crippen LogP contribution is 2.48. The Balaban J connectivity index is 1.67. The van der Waals surface area contributed by atoms with E-state index in [2.05, 4.69) is 9.72 Å². The van der Waals surface area contributed by atoms with Crippen LogP contribution in [0.5, 0.6) is 5.75 Å². The number of nitrogens with zero attached hydrogens (tertiary/aromatic N) is 2. The van der Waals surface area contributed by atoms with Gasteiger partial charge in [0.25, 0.3) is 10.0 Å². The second kappa shape index (κ2) is 10.5. The molecule has 1 N–H and O–H groups in total. The summed E-state index contributed by atoms with van der Waals surface area (Å²) in [5.41, 5.74) is -2.04. The number of hydrogen-bond donors (Lipinski definition) is 1. The van der Waals surface area contributed by atoms with Crippen molar-refractivity contribution in [3.05, 3.63) is 95.2 Å². The summed E-state index contributed by atoms with van der Waals surface area (Å²) in [6, 6.07) is 13.0. The molecule has 3 aromatic carbocycles. The van der Waals surface area contributed by atoms with E-state index in [0.29, 0.717) is 35.2 Å². The second-order valence-corrected chi connectivity index (χ2v) is 11.4. The molecule has 0 aliphatic heterocycles. The van der Waals surface area contributed by atoms with Crippen LogP contribution < -0.4 is 9.04 Å². The maximum atomic E-state index is 14.1. The molecule has 0 saturated heterocycles. The van der Waals surface area contributed by atoms with Crippen LogP contribution in [0.3, 0.4) is 0 Å². The van der Waals surface area contributed by atoms with Crippen LogP contribution in [0.25, 0.3) is 10.8 Å². The second-order valence-electron chi connectivity index (χ2n) is 9.57. The number of fused-ring (bicyclic) bond motifs is 1. The molecular formula is C28H20F6N2O5S. The Morgan fingerprint density at radius 1 is 0.976 bits per heavy atom. The van der Waals surface area contributed by atoms with E-state index in [9.17, 15) is 44.7 Å². The monoisotopic (exact) mass is 610 g/mol. The van der Waals surface area contributed by atoms with Crippen LogP contribution >= 0.6 is 0 Å². The Hall–Kier alpha value is -4.33. The fraction of sp³-hybridized carbons (Fsp3) is 0.214. The quantitative estimate of drug-likeness (QED) is 0.214. The van der Waals surface area contributed by atoms with Crippen LogP contribution in [0.1, 0.15) is 45.8 Å². The number of hydrogen-bond acceptors (Lipinski definition) is 5. The van der Waals surface area contributed by atoms with Crippen molar-refractivity contribution in [1.29, 1.82) is 0 Å². The van der Waals surface area contributed by atoms with Crippen LogP contribution in [0, 0.1) is 0 Å². The smallest absolute Gasteiger partial charge is 0.478 e. The van der Waals surface area contributed by atoms with Crippen LogP contribution in [-0.2, 0) is 22.7 Å². The zero-order valence-electron chi connectivity index (χ0n) is 21.3. The van der Waals surface area contributed by atoms with E-state index in [0.717, 1.165) is 22.5 Å². The topological polar surface area (TPSA) is 96.8 Å². The summed E-state index contributed by atoms with van der Waals surface area (Å²) in [7, 11) is -4.85. The number of halogens is 6. The van der Waals surface area contributed by atoms with Gasteiger partial charge in [-0.25, -0.2) is 22.5 Å². The lowest BCUT2D eigenvalue weighted by molar-refractivity contribution is -0.274. The van der Waals surface area contributed by atoms with Gasteiger partial charge < -0.3 is 9.84 Å². The molecule has 0 radical (unpaired) electrons. The highest BCUT2D eigenvalue weighted by molar-refractivity contribution is 7.92. The number of rotatable bonds is 8. The predicted molar refractivity (Wildman–Crippen MR) is 139 cm³/mol. The summed E-state index contributed by atoms with van der Waals surface area (Å²) in [5, 5.41) is 10.7. The molecule has 1 aromatic heterocycles. The standard InChI is InChI=1S/C28H20F6N2O5S/c29-27(30,31)23-13-20(11-12-22(23)26(37)38)42(39,40)36(15-16-5-9-19(10-6-16)41-28(32,33)34)25-24(17-7-8-17)21-4-2-1-3-18(21)14-35-25/h1-6,9-14,17H,7-8,15H2,(H,37,38). The number of aromatic nitrogens is 1. The van der Waals surface area contributed by atoms with E-state index in [-0.39, 0.29) is 23.4 Å². The Morgan fingerprint density at radius 2 is 1.64 bits per heavy atom. The molecule has 0 spiro atoms. The minimum atomic E-state index is -5.18. The molecule has 14 heteroatoms. The van der Waals surface area contributed by atoms with Gasteiger partial charge in [-0.05, 0) is 60.0 Å². The lowest BCUT2D eigenvalue weighted by Gasteiger charge is -2.27. The fourth-order valence-corrected chi connectivity index (χ4v) is 6.07. The normalized spacial score (nSPS) is 14.1. The first-order chi connectivity index (χ1) is 19.6. The molecule has 1 aliphatic rings. The van der Waals surface area contributed by atoms with Crippen LogP contribution in [0.2, 0.25) is 0 Å². The summed E-state index contributed by atoms with van der Waals surface area (Å²) >= 11 is 0. The maximum absolute atomic E-state index is 14.1. The van der Waals surface area contributed by atoms with Gasteiger partial charge in [0.1, 0.15) is 11.6 Å². The third-order valence-electron chi connectivity index (χ3n) is 6.64. The molecule has 1 heterocycles. The maximum Gasteiger partial charge on any atom is 0.573 e. The van der Waals surface area contributed by atoms with Gasteiger partial charge >= 0.3 is 18.5 Å². The Morgan fingerprint density at radius 3 is 2.24 bits per heavy atom. The van der Waals surface area contributed by atoms with Gasteiger partial charge in [-0.1, -0.05) is 36.4 Å². The van der Waals surface area contributed by atoms with E-state index in [1.54, 1.807) is 24.3 Å². The number of carboxylic acid groups (broad SMARTS) is 1. The highest BCUT2D eigenvalue weighted by atomic mass is 32.2. The zero-order chi connectivity index (χ0) is 30.4. The van der Waals surface area contributed by atoms with Crippen molar-refractivity contribution in [2.75, 3.05) is 4.31 Å². The van der Waals surface area contributed by atoms with Gasteiger partial charge in [0.15, 0.2) is 0 Å². The molecule has 5 rings (SSSR count). The number of benzene rings is 3. The van der Waals surface area contributed by atoms with Gasteiger partial charge in [0, 0.05) is 17.1 Å². The Bertz CT molecular complexity index is 1770. The average Bonchev–Trinajstić information content (AvgIpc) is 3.75. The van der Waals surface area contributed by atoms with Gasteiger partial charge in [0.2, 0.25) is 0 Å². The Labute approximate surface area is 235 Å². The highest BCUT2D eigenvalue weighted by Gasteiger charge is 2.39. The number of alkyl halides is 6. The molecule has 0 amide bonds. The van der Waals surface area contributed by atoms with E-state index in [1.807, 2.05) is 0 Å². The average molecular weight is 611 g/mol. The largest absolute Gasteiger partial charge is 0.573 e. The van der Waals surface area contributed by atoms with E-state index < -0.39 is 56.8 Å². The van der Waals surface area contributed by atoms with Crippen molar-refractivity contribution in [2.24, 2.45) is 0 Å². The van der Waals surface area contributed by atoms with E-state index in [4.69, 9.17) is 0 Å². The zero-order valence-corrected chi connectivity index (χ0v) is 22.1. The van der Waals surface area contributed by atoms with Crippen molar-refractivity contribution < 1.29 is 49.4 Å². The predicted octanol–water partition coefficient (Wildman–Crippen LogP) is 7.12. The van der Waals surface area contributed by atoms with Gasteiger partial charge in [-0.3, -0.25) is 0 Å². The molecule has 0 unspecified atom stereocenters. The molecule has 7 nitrogen and oxygen atoms in total. The first-order valence-electron chi connectivity index (χ1n) is 12.3. The SMILES string of the molecule is O=C(O)c1ccc(S(=O)(=O)N(Cc2ccc(OC(F)(F)F)cc2)c2ncc3ccccc3c2C2CC2)cc1C(F)(F)F. The third kappa shape index (κ3) is 5.98. The molecule has 42 heavy (non-hydrogen) atoms. The lowest BCUT2D eigenvalue weighted by Crippen LogP contribution is -2.32. The van der Waals surface area contributed by atoms with Crippen LogP contribution in [0.15, 0.2) is 77.8 Å². The van der Waals surface area contributed by atoms with Crippen molar-refractivity contribution in [3.63, 3.8) is 0 Å². The van der Waals surface area contributed by atoms with Gasteiger partial charge in [-0.15, -0.1) is 13.2 Å². The van der Waals surface area contributed by atoms with Crippen molar-refractivity contribution in [3.8, 4) is 5.75 Å². The number of sulfonamides is 1. The summed E-state index contributed by atoms with van der Waals surface area (Å²) in [6.45, 7) is -0.512. The molecule has 0 atom stereocenters. The number of pyridine rings is 1. The summed E-state index contributed by atoms with van der Waals surface area (Å²) in [6.07, 6.45) is -7.28. The molecular weight excluding hydrogens is 590 g/mol. The van der Waals surface area contributed by atoms with Gasteiger partial charge in [0.05, 0.1) is 22.6 Å². The molecule has 1 aliphatic carbocycles. The van der Waals surface area contributed by atoms with E-state index >= 15 is 0 Å². The van der Waals surface area contributed by atoms with Crippen LogP contribution in [0.4, 0.5) is 32.2 Å². The minimum absolute atomic E-state index is 0.0531. The Kier molecular flexibility index (Phi) is 7.29. The number of carbonyl (C=O) groups is 1. The third-order valence-corrected chi connectivity index (χ3v) is 8.37. The first-order valence-corrected chi connectivity index (χ1v) is 13.8. The van der Waals surface area contributed by atoms with Crippen molar-refractivity contribution in [2.45, 2.75) is 42.7 Å². The molecule has 0 bridgehead atoms. The first kappa shape index (κ1) is 29.2. The molecule has 4 aromatic rings. The summed E-state index contributed by atoms with van der Waals surface area (Å²) in [5.74, 6) is -2.58. The summed E-state index contributed by atoms with van der Waals surface area (Å²) in [4.78, 5) is 15.0. The van der Waals surface area contributed by atoms with Crippen LogP contribution in [-0.4, -0.2) is 30.8 Å². The van der Waals surface area contributed by atoms with E-state index in [1.165, 1.54) is 18.3 Å². The van der Waals surface area contributed by atoms with Gasteiger partial charge in [-0.2, -0.15) is 13.2 Å². The lowest BCUT2D eigenvalue weighted by atomic mass is 10.0. The fourth-order valence-electron chi connectivity index (χ4n) is 4.62. The van der Waals surface area contributed by atoms with Crippen molar-refractivity contribution in [1.82, 2.24) is 4.98 Å². The number of anilines is 1. The summed E-state index contributed by atoms with van der Waals surface area (Å²) < 4.78 is 112. The molecule has 1 fully saturated rings. The number of aromatic carboxylic acids is 1. The minimum Gasteiger partial charge on any atom is -0.478 e. The molecule has 1 saturated carbocycles.